The van der Waals surface area contributed by atoms with Gasteiger partial charge in [-0.2, -0.15) is 0 Å². The zero-order valence-electron chi connectivity index (χ0n) is 6.82. The van der Waals surface area contributed by atoms with Crippen LogP contribution in [0, 0.1) is 0 Å². The summed E-state index contributed by atoms with van der Waals surface area (Å²) in [5.41, 5.74) is 0.583. The number of aromatic nitrogens is 2. The molecular weight excluding hydrogens is 214 g/mol. The van der Waals surface area contributed by atoms with Gasteiger partial charge in [0.1, 0.15) is 16.1 Å². The maximum atomic E-state index is 10.4. The van der Waals surface area contributed by atoms with Gasteiger partial charge in [0.15, 0.2) is 0 Å². The summed E-state index contributed by atoms with van der Waals surface area (Å²) in [6, 6.07) is -0.613. The summed E-state index contributed by atoms with van der Waals surface area (Å²) in [7, 11) is 0. The number of carboxylic acid groups (broad SMARTS) is 1. The van der Waals surface area contributed by atoms with Crippen LogP contribution >= 0.6 is 23.1 Å². The van der Waals surface area contributed by atoms with Crippen LogP contribution < -0.4 is 5.32 Å². The first-order valence-corrected chi connectivity index (χ1v) is 4.69. The molecule has 1 heterocycles. The smallest absolute Gasteiger partial charge is 0.320 e. The molecule has 0 saturated heterocycles. The third kappa shape index (κ3) is 2.91. The molecule has 0 radical (unpaired) electrons. The number of hydrogen-bond acceptors (Lipinski definition) is 5. The Balaban J connectivity index is 2.44. The number of halogens is 1. The van der Waals surface area contributed by atoms with Gasteiger partial charge in [0, 0.05) is 18.1 Å². The molecule has 2 N–H and O–H groups in total. The Labute approximate surface area is 83.9 Å². The Bertz CT molecular complexity index is 304. The van der Waals surface area contributed by atoms with Crippen molar-refractivity contribution in [2.75, 3.05) is 0 Å². The summed E-state index contributed by atoms with van der Waals surface area (Å²) in [6.45, 7) is 1.87. The lowest BCUT2D eigenvalue weighted by Gasteiger charge is -2.06. The molecule has 13 heavy (non-hydrogen) atoms. The highest BCUT2D eigenvalue weighted by Gasteiger charge is 2.11. The fourth-order valence-electron chi connectivity index (χ4n) is 0.639. The van der Waals surface area contributed by atoms with Gasteiger partial charge in [0.2, 0.25) is 0 Å². The highest BCUT2D eigenvalue weighted by molar-refractivity contribution is 7.10. The second kappa shape index (κ2) is 4.50. The lowest BCUT2D eigenvalue weighted by Crippen LogP contribution is -2.33. The fourth-order valence-corrected chi connectivity index (χ4v) is 1.27. The minimum Gasteiger partial charge on any atom is -0.480 e. The monoisotopic (exact) mass is 221 g/mol. The van der Waals surface area contributed by atoms with Crippen LogP contribution in [0.25, 0.3) is 0 Å². The van der Waals surface area contributed by atoms with Crippen LogP contribution in [0.5, 0.6) is 0 Å². The Morgan fingerprint density at radius 1 is 1.85 bits per heavy atom. The molecule has 0 bridgehead atoms. The Hall–Kier alpha value is -0.720. The Morgan fingerprint density at radius 3 is 3.00 bits per heavy atom. The minimum absolute atomic E-state index is 0.322. The predicted octanol–water partition coefficient (Wildman–Crippen LogP) is 0.754. The molecule has 5 nitrogen and oxygen atoms in total. The normalized spacial score (nSPS) is 12.8. The highest BCUT2D eigenvalue weighted by Crippen LogP contribution is 2.16. The van der Waals surface area contributed by atoms with Gasteiger partial charge in [-0.05, 0) is 6.92 Å². The average molecular weight is 222 g/mol. The van der Waals surface area contributed by atoms with Crippen molar-refractivity contribution in [1.82, 2.24) is 14.9 Å². The number of carbonyl (C=O) groups is 1. The molecule has 0 amide bonds. The van der Waals surface area contributed by atoms with E-state index in [2.05, 4.69) is 14.9 Å². The molecule has 0 spiro atoms. The number of carboxylic acids is 1. The van der Waals surface area contributed by atoms with Crippen molar-refractivity contribution in [3.8, 4) is 0 Å². The molecule has 1 atom stereocenters. The summed E-state index contributed by atoms with van der Waals surface area (Å²) in [4.78, 5) is 10.4. The van der Waals surface area contributed by atoms with E-state index in [0.717, 1.165) is 11.5 Å². The third-order valence-corrected chi connectivity index (χ3v) is 2.44. The van der Waals surface area contributed by atoms with Gasteiger partial charge in [0.25, 0.3) is 0 Å². The lowest BCUT2D eigenvalue weighted by molar-refractivity contribution is -0.139. The van der Waals surface area contributed by atoms with Crippen molar-refractivity contribution in [3.05, 3.63) is 10.0 Å². The van der Waals surface area contributed by atoms with Gasteiger partial charge in [-0.3, -0.25) is 10.1 Å². The average Bonchev–Trinajstić information content (AvgIpc) is 2.47. The van der Waals surface area contributed by atoms with Crippen LogP contribution in [0.4, 0.5) is 0 Å². The quantitative estimate of drug-likeness (QED) is 0.785. The number of nitrogens with zero attached hydrogens (tertiary/aromatic N) is 2. The molecule has 0 saturated carbocycles. The van der Waals surface area contributed by atoms with Gasteiger partial charge in [-0.25, -0.2) is 0 Å². The van der Waals surface area contributed by atoms with E-state index in [0.29, 0.717) is 16.6 Å². The molecule has 0 fully saturated rings. The van der Waals surface area contributed by atoms with Crippen molar-refractivity contribution in [1.29, 1.82) is 0 Å². The first-order valence-electron chi connectivity index (χ1n) is 3.54. The van der Waals surface area contributed by atoms with Gasteiger partial charge in [0.05, 0.1) is 0 Å². The van der Waals surface area contributed by atoms with Gasteiger partial charge in [-0.15, -0.1) is 5.10 Å². The first-order chi connectivity index (χ1) is 6.11. The molecular formula is C6H8ClN3O2S. The molecule has 0 unspecified atom stereocenters. The van der Waals surface area contributed by atoms with E-state index in [1.807, 2.05) is 0 Å². The zero-order chi connectivity index (χ0) is 9.84. The van der Waals surface area contributed by atoms with Crippen molar-refractivity contribution in [3.63, 3.8) is 0 Å². The van der Waals surface area contributed by atoms with Crippen LogP contribution in [-0.2, 0) is 11.3 Å². The third-order valence-electron chi connectivity index (χ3n) is 1.46. The summed E-state index contributed by atoms with van der Waals surface area (Å²) >= 11 is 6.79. The van der Waals surface area contributed by atoms with Gasteiger partial charge >= 0.3 is 5.97 Å². The maximum absolute atomic E-state index is 10.4. The van der Waals surface area contributed by atoms with E-state index in [-0.39, 0.29) is 0 Å². The number of rotatable bonds is 4. The molecule has 1 aromatic rings. The molecule has 1 aromatic heterocycles. The highest BCUT2D eigenvalue weighted by atomic mass is 35.5. The van der Waals surface area contributed by atoms with Crippen LogP contribution in [0.2, 0.25) is 4.34 Å². The largest absolute Gasteiger partial charge is 0.480 e. The van der Waals surface area contributed by atoms with E-state index in [9.17, 15) is 4.79 Å². The van der Waals surface area contributed by atoms with Crippen LogP contribution in [0.1, 0.15) is 12.6 Å². The first kappa shape index (κ1) is 10.4. The van der Waals surface area contributed by atoms with Crippen molar-refractivity contribution in [2.24, 2.45) is 0 Å². The SMILES string of the molecule is C[C@H](NCc1nnsc1Cl)C(=O)O. The van der Waals surface area contributed by atoms with E-state index < -0.39 is 12.0 Å². The minimum atomic E-state index is -0.903. The van der Waals surface area contributed by atoms with E-state index >= 15 is 0 Å². The van der Waals surface area contributed by atoms with Crippen LogP contribution in [0.15, 0.2) is 0 Å². The summed E-state index contributed by atoms with van der Waals surface area (Å²) in [5, 5.41) is 15.0. The van der Waals surface area contributed by atoms with Crippen molar-refractivity contribution < 1.29 is 9.90 Å². The standard InChI is InChI=1S/C6H8ClN3O2S/c1-3(6(11)12)8-2-4-5(7)13-10-9-4/h3,8H,2H2,1H3,(H,11,12)/t3-/m0/s1. The topological polar surface area (TPSA) is 75.1 Å². The van der Waals surface area contributed by atoms with Crippen LogP contribution in [0.3, 0.4) is 0 Å². The Kier molecular flexibility index (Phi) is 3.58. The zero-order valence-corrected chi connectivity index (χ0v) is 8.39. The second-order valence-corrected chi connectivity index (χ2v) is 3.79. The maximum Gasteiger partial charge on any atom is 0.320 e. The van der Waals surface area contributed by atoms with E-state index in [1.54, 1.807) is 6.92 Å². The lowest BCUT2D eigenvalue weighted by atomic mass is 10.3. The molecule has 7 heteroatoms. The molecule has 0 aliphatic carbocycles. The molecule has 1 rings (SSSR count). The Morgan fingerprint density at radius 2 is 2.54 bits per heavy atom. The second-order valence-electron chi connectivity index (χ2n) is 2.43. The van der Waals surface area contributed by atoms with Crippen molar-refractivity contribution >= 4 is 29.1 Å². The number of aliphatic carboxylic acids is 1. The summed E-state index contributed by atoms with van der Waals surface area (Å²) in [5.74, 6) is -0.903. The molecule has 0 aliphatic rings. The van der Waals surface area contributed by atoms with Crippen molar-refractivity contribution in [2.45, 2.75) is 19.5 Å². The number of nitrogens with one attached hydrogen (secondary N) is 1. The predicted molar refractivity (Wildman–Crippen MR) is 48.9 cm³/mol. The summed E-state index contributed by atoms with van der Waals surface area (Å²) in [6.07, 6.45) is 0. The summed E-state index contributed by atoms with van der Waals surface area (Å²) < 4.78 is 4.11. The van der Waals surface area contributed by atoms with E-state index in [4.69, 9.17) is 16.7 Å². The molecule has 0 aliphatic heterocycles. The van der Waals surface area contributed by atoms with Gasteiger partial charge in [-0.1, -0.05) is 16.1 Å². The van der Waals surface area contributed by atoms with E-state index in [1.165, 1.54) is 0 Å². The van der Waals surface area contributed by atoms with Crippen LogP contribution in [-0.4, -0.2) is 26.7 Å². The molecule has 0 aromatic carbocycles. The molecule has 72 valence electrons. The number of hydrogen-bond donors (Lipinski definition) is 2. The van der Waals surface area contributed by atoms with Gasteiger partial charge < -0.3 is 5.11 Å². The fraction of sp³-hybridized carbons (Fsp3) is 0.500.